The lowest BCUT2D eigenvalue weighted by Gasteiger charge is -2.11. The Morgan fingerprint density at radius 3 is 2.76 bits per heavy atom. The van der Waals surface area contributed by atoms with Crippen LogP contribution < -0.4 is 10.7 Å². The first-order chi connectivity index (χ1) is 7.97. The second kappa shape index (κ2) is 3.79. The van der Waals surface area contributed by atoms with Crippen molar-refractivity contribution in [1.82, 2.24) is 0 Å². The smallest absolute Gasteiger partial charge is 0.258 e. The predicted molar refractivity (Wildman–Crippen MR) is 59.1 cm³/mol. The minimum absolute atomic E-state index is 0.0508. The zero-order chi connectivity index (χ0) is 12.6. The molecule has 1 aromatic rings. The van der Waals surface area contributed by atoms with Gasteiger partial charge in [0.15, 0.2) is 11.0 Å². The van der Waals surface area contributed by atoms with E-state index < -0.39 is 10.6 Å². The van der Waals surface area contributed by atoms with E-state index in [1.165, 1.54) is 12.1 Å². The van der Waals surface area contributed by atoms with Gasteiger partial charge in [0.25, 0.3) is 5.69 Å². The van der Waals surface area contributed by atoms with Crippen LogP contribution in [0, 0.1) is 21.4 Å². The molecular weight excluding hydrogens is 244 g/mol. The Kier molecular flexibility index (Phi) is 2.56. The lowest BCUT2D eigenvalue weighted by atomic mass is 10.2. The van der Waals surface area contributed by atoms with Crippen molar-refractivity contribution >= 4 is 17.3 Å². The van der Waals surface area contributed by atoms with Gasteiger partial charge in [-0.25, -0.2) is 4.99 Å². The minimum atomic E-state index is -0.979. The number of non-ortho nitro benzene ring substituents is 1. The summed E-state index contributed by atoms with van der Waals surface area (Å²) in [5, 5.41) is 20.3. The monoisotopic (exact) mass is 250 g/mol. The number of halogens is 1. The van der Waals surface area contributed by atoms with Crippen LogP contribution >= 0.6 is 11.6 Å². The number of benzene rings is 1. The molecule has 17 heavy (non-hydrogen) atoms. The van der Waals surface area contributed by atoms with Crippen molar-refractivity contribution < 1.29 is 4.92 Å². The molecule has 1 heterocycles. The second-order valence-electron chi connectivity index (χ2n) is 3.80. The van der Waals surface area contributed by atoms with E-state index in [2.05, 4.69) is 9.98 Å². The number of hydrogen-bond acceptors (Lipinski definition) is 5. The highest BCUT2D eigenvalue weighted by atomic mass is 35.5. The highest BCUT2D eigenvalue weighted by molar-refractivity contribution is 6.30. The Morgan fingerprint density at radius 1 is 1.53 bits per heavy atom. The molecule has 1 aliphatic heterocycles. The van der Waals surface area contributed by atoms with E-state index >= 15 is 0 Å². The van der Waals surface area contributed by atoms with Gasteiger partial charge in [0.05, 0.1) is 22.4 Å². The lowest BCUT2D eigenvalue weighted by Crippen LogP contribution is -2.25. The molecule has 0 amide bonds. The topological polar surface area (TPSA) is 91.6 Å². The number of nitriles is 1. The predicted octanol–water partition coefficient (Wildman–Crippen LogP) is 1.13. The first kappa shape index (κ1) is 11.5. The van der Waals surface area contributed by atoms with Crippen LogP contribution in [-0.2, 0) is 0 Å². The van der Waals surface area contributed by atoms with E-state index in [9.17, 15) is 10.1 Å². The number of nitro groups is 1. The Bertz CT molecular complexity index is 664. The van der Waals surface area contributed by atoms with Crippen molar-refractivity contribution in [2.45, 2.75) is 19.0 Å². The molecule has 0 aromatic heterocycles. The van der Waals surface area contributed by atoms with Gasteiger partial charge in [0, 0.05) is 6.07 Å². The van der Waals surface area contributed by atoms with Crippen molar-refractivity contribution in [2.75, 3.05) is 0 Å². The third-order valence-electron chi connectivity index (χ3n) is 2.40. The summed E-state index contributed by atoms with van der Waals surface area (Å²) >= 11 is 5.91. The molecule has 1 atom stereocenters. The molecule has 0 spiro atoms. The molecule has 1 aromatic carbocycles. The number of nitro benzene ring substituents is 1. The van der Waals surface area contributed by atoms with E-state index in [4.69, 9.17) is 16.9 Å². The van der Waals surface area contributed by atoms with Crippen molar-refractivity contribution in [2.24, 2.45) is 9.98 Å². The maximum absolute atomic E-state index is 10.8. The largest absolute Gasteiger partial charge is 0.296 e. The number of fused-ring (bicyclic) bond motifs is 1. The summed E-state index contributed by atoms with van der Waals surface area (Å²) in [4.78, 5) is 18.6. The molecule has 7 heteroatoms. The fourth-order valence-corrected chi connectivity index (χ4v) is 1.84. The average Bonchev–Trinajstić information content (AvgIpc) is 2.57. The molecule has 6 nitrogen and oxygen atoms in total. The van der Waals surface area contributed by atoms with Crippen LogP contribution in [-0.4, -0.2) is 10.6 Å². The lowest BCUT2D eigenvalue weighted by molar-refractivity contribution is -0.386. The zero-order valence-electron chi connectivity index (χ0n) is 8.85. The summed E-state index contributed by atoms with van der Waals surface area (Å²) in [7, 11) is 0. The fourth-order valence-electron chi connectivity index (χ4n) is 1.64. The van der Waals surface area contributed by atoms with Crippen LogP contribution in [0.5, 0.6) is 0 Å². The standard InChI is InChI=1S/C10H7ClN4O2/c1-10(4-5-12)13-8-6(11)2-3-7(15(16)17)9(8)14-10/h2-3H,4H2,1H3. The molecule has 1 unspecified atom stereocenters. The third kappa shape index (κ3) is 1.85. The van der Waals surface area contributed by atoms with Crippen LogP contribution in [0.15, 0.2) is 22.1 Å². The van der Waals surface area contributed by atoms with Crippen molar-refractivity contribution in [3.63, 3.8) is 0 Å². The molecule has 0 saturated heterocycles. The van der Waals surface area contributed by atoms with E-state index in [0.29, 0.717) is 10.4 Å². The molecule has 86 valence electrons. The Labute approximate surface area is 101 Å². The van der Waals surface area contributed by atoms with Gasteiger partial charge in [-0.2, -0.15) is 5.26 Å². The van der Waals surface area contributed by atoms with Gasteiger partial charge in [-0.15, -0.1) is 0 Å². The molecular formula is C10H7ClN4O2. The molecule has 0 fully saturated rings. The Balaban J connectivity index is 2.77. The molecule has 0 saturated carbocycles. The van der Waals surface area contributed by atoms with Crippen LogP contribution in [0.3, 0.4) is 0 Å². The first-order valence-electron chi connectivity index (χ1n) is 4.76. The van der Waals surface area contributed by atoms with Gasteiger partial charge in [-0.05, 0) is 13.0 Å². The van der Waals surface area contributed by atoms with Gasteiger partial charge in [-0.1, -0.05) is 11.6 Å². The average molecular weight is 251 g/mol. The zero-order valence-corrected chi connectivity index (χ0v) is 9.60. The summed E-state index contributed by atoms with van der Waals surface area (Å²) in [5.41, 5.74) is -1.12. The molecule has 0 N–H and O–H groups in total. The van der Waals surface area contributed by atoms with Crippen LogP contribution in [0.25, 0.3) is 0 Å². The van der Waals surface area contributed by atoms with E-state index in [-0.39, 0.29) is 17.5 Å². The Hall–Kier alpha value is -2.00. The SMILES string of the molecule is CC1(CC#N)N=c2c(Cl)ccc([N+](=O)[O-])c2=N1. The van der Waals surface area contributed by atoms with Gasteiger partial charge < -0.3 is 0 Å². The highest BCUT2D eigenvalue weighted by Gasteiger charge is 2.29. The van der Waals surface area contributed by atoms with Crippen molar-refractivity contribution in [3.05, 3.63) is 38.0 Å². The van der Waals surface area contributed by atoms with Crippen LogP contribution in [0.4, 0.5) is 5.69 Å². The maximum Gasteiger partial charge on any atom is 0.296 e. The third-order valence-corrected chi connectivity index (χ3v) is 2.70. The molecule has 0 aliphatic carbocycles. The number of nitrogens with zero attached hydrogens (tertiary/aromatic N) is 4. The molecule has 0 radical (unpaired) electrons. The molecule has 2 rings (SSSR count). The summed E-state index contributed by atoms with van der Waals surface area (Å²) in [6.07, 6.45) is 0.0508. The Morgan fingerprint density at radius 2 is 2.18 bits per heavy atom. The summed E-state index contributed by atoms with van der Waals surface area (Å²) < 4.78 is 0. The minimum Gasteiger partial charge on any atom is -0.258 e. The summed E-state index contributed by atoms with van der Waals surface area (Å²) in [6, 6.07) is 4.66. The van der Waals surface area contributed by atoms with Gasteiger partial charge >= 0.3 is 0 Å². The molecule has 0 bridgehead atoms. The van der Waals surface area contributed by atoms with E-state index in [1.807, 2.05) is 6.07 Å². The van der Waals surface area contributed by atoms with E-state index in [1.54, 1.807) is 6.92 Å². The maximum atomic E-state index is 10.8. The quantitative estimate of drug-likeness (QED) is 0.582. The van der Waals surface area contributed by atoms with Gasteiger partial charge in [0.2, 0.25) is 0 Å². The number of rotatable bonds is 2. The summed E-state index contributed by atoms with van der Waals surface area (Å²) in [6.45, 7) is 1.64. The van der Waals surface area contributed by atoms with Crippen molar-refractivity contribution in [3.8, 4) is 6.07 Å². The summed E-state index contributed by atoms with van der Waals surface area (Å²) in [5.74, 6) is 0. The van der Waals surface area contributed by atoms with Gasteiger partial charge in [-0.3, -0.25) is 15.1 Å². The first-order valence-corrected chi connectivity index (χ1v) is 5.14. The molecule has 1 aliphatic rings. The normalized spacial score (nSPS) is 21.0. The highest BCUT2D eigenvalue weighted by Crippen LogP contribution is 2.20. The fraction of sp³-hybridized carbons (Fsp3) is 0.300. The van der Waals surface area contributed by atoms with Crippen molar-refractivity contribution in [1.29, 1.82) is 5.26 Å². The van der Waals surface area contributed by atoms with Crippen LogP contribution in [0.1, 0.15) is 13.3 Å². The number of hydrogen-bond donors (Lipinski definition) is 0. The van der Waals surface area contributed by atoms with Crippen LogP contribution in [0.2, 0.25) is 5.02 Å². The van der Waals surface area contributed by atoms with E-state index in [0.717, 1.165) is 0 Å². The second-order valence-corrected chi connectivity index (χ2v) is 4.20. The van der Waals surface area contributed by atoms with Gasteiger partial charge in [0.1, 0.15) is 5.36 Å².